The summed E-state index contributed by atoms with van der Waals surface area (Å²) in [6.45, 7) is 5.31. The zero-order chi connectivity index (χ0) is 13.1. The van der Waals surface area contributed by atoms with E-state index in [1.165, 1.54) is 6.20 Å². The molecule has 0 aliphatic heterocycles. The highest BCUT2D eigenvalue weighted by molar-refractivity contribution is 5.88. The number of carbonyl (C=O) groups is 1. The molecule has 0 amide bonds. The number of nitrogens with zero attached hydrogens (tertiary/aromatic N) is 4. The Hall–Kier alpha value is -2.11. The number of carboxylic acid groups (broad SMARTS) is 1. The lowest BCUT2D eigenvalue weighted by molar-refractivity contribution is 0.0696. The number of aromatic nitrogens is 4. The van der Waals surface area contributed by atoms with E-state index >= 15 is 0 Å². The van der Waals surface area contributed by atoms with Crippen molar-refractivity contribution in [2.24, 2.45) is 0 Å². The number of carboxylic acids is 1. The summed E-state index contributed by atoms with van der Waals surface area (Å²) in [6.07, 6.45) is 5.99. The summed E-state index contributed by atoms with van der Waals surface area (Å²) in [7, 11) is 0. The fourth-order valence-electron chi connectivity index (χ4n) is 1.89. The Morgan fingerprint density at radius 2 is 2.22 bits per heavy atom. The van der Waals surface area contributed by atoms with Gasteiger partial charge in [0.1, 0.15) is 5.56 Å². The molecule has 18 heavy (non-hydrogen) atoms. The van der Waals surface area contributed by atoms with Crippen LogP contribution < -0.4 is 0 Å². The molecule has 0 fully saturated rings. The van der Waals surface area contributed by atoms with Gasteiger partial charge < -0.3 is 9.67 Å². The third kappa shape index (κ3) is 2.27. The van der Waals surface area contributed by atoms with E-state index in [9.17, 15) is 4.79 Å². The smallest absolute Gasteiger partial charge is 0.339 e. The molecule has 0 aliphatic rings. The molecule has 0 atom stereocenters. The molecule has 2 aromatic heterocycles. The van der Waals surface area contributed by atoms with Gasteiger partial charge in [0, 0.05) is 6.54 Å². The van der Waals surface area contributed by atoms with Crippen molar-refractivity contribution in [2.75, 3.05) is 0 Å². The lowest BCUT2D eigenvalue weighted by Crippen LogP contribution is -2.10. The minimum absolute atomic E-state index is 0.247. The van der Waals surface area contributed by atoms with Gasteiger partial charge in [-0.25, -0.2) is 9.78 Å². The zero-order valence-electron chi connectivity index (χ0n) is 10.5. The highest BCUT2D eigenvalue weighted by atomic mass is 16.4. The van der Waals surface area contributed by atoms with Crippen molar-refractivity contribution in [1.29, 1.82) is 0 Å². The first-order valence-corrected chi connectivity index (χ1v) is 5.88. The number of aromatic carboxylic acids is 1. The quantitative estimate of drug-likeness (QED) is 0.871. The molecule has 0 saturated carbocycles. The Bertz CT molecular complexity index is 556. The zero-order valence-corrected chi connectivity index (χ0v) is 10.5. The van der Waals surface area contributed by atoms with Crippen LogP contribution >= 0.6 is 0 Å². The predicted molar refractivity (Wildman–Crippen MR) is 65.5 cm³/mol. The number of rotatable bonds is 5. The van der Waals surface area contributed by atoms with Crippen molar-refractivity contribution < 1.29 is 9.90 Å². The maximum atomic E-state index is 10.9. The maximum Gasteiger partial charge on any atom is 0.339 e. The van der Waals surface area contributed by atoms with Gasteiger partial charge in [0.15, 0.2) is 0 Å². The Labute approximate surface area is 105 Å². The largest absolute Gasteiger partial charge is 0.478 e. The molecule has 6 heteroatoms. The number of hydrogen-bond acceptors (Lipinski definition) is 3. The molecule has 0 aromatic carbocycles. The Kier molecular flexibility index (Phi) is 3.45. The summed E-state index contributed by atoms with van der Waals surface area (Å²) in [5.74, 6) is -0.944. The van der Waals surface area contributed by atoms with Crippen molar-refractivity contribution in [3.05, 3.63) is 35.7 Å². The third-order valence-electron chi connectivity index (χ3n) is 2.91. The van der Waals surface area contributed by atoms with E-state index in [4.69, 9.17) is 5.11 Å². The Morgan fingerprint density at radius 1 is 1.44 bits per heavy atom. The van der Waals surface area contributed by atoms with Gasteiger partial charge in [0.2, 0.25) is 0 Å². The minimum Gasteiger partial charge on any atom is -0.478 e. The van der Waals surface area contributed by atoms with Crippen LogP contribution in [0.3, 0.4) is 0 Å². The summed E-state index contributed by atoms with van der Waals surface area (Å²) in [6, 6.07) is 0. The molecule has 0 saturated heterocycles. The van der Waals surface area contributed by atoms with Crippen LogP contribution in [0.1, 0.15) is 35.1 Å². The molecule has 1 N–H and O–H groups in total. The molecular formula is C12H16N4O2. The van der Waals surface area contributed by atoms with Crippen LogP contribution in [0.4, 0.5) is 0 Å². The summed E-state index contributed by atoms with van der Waals surface area (Å²) in [4.78, 5) is 15.1. The minimum atomic E-state index is -0.944. The van der Waals surface area contributed by atoms with Gasteiger partial charge in [-0.3, -0.25) is 4.68 Å². The molecule has 0 spiro atoms. The van der Waals surface area contributed by atoms with Crippen LogP contribution in [0, 0.1) is 6.92 Å². The molecule has 2 rings (SSSR count). The first kappa shape index (κ1) is 12.3. The van der Waals surface area contributed by atoms with Crippen LogP contribution in [0.2, 0.25) is 0 Å². The molecule has 0 unspecified atom stereocenters. The van der Waals surface area contributed by atoms with Crippen LogP contribution in [0.5, 0.6) is 0 Å². The first-order chi connectivity index (χ1) is 8.63. The van der Waals surface area contributed by atoms with Crippen molar-refractivity contribution in [3.63, 3.8) is 0 Å². The Balaban J connectivity index is 2.23. The number of hydrogen-bond donors (Lipinski definition) is 1. The summed E-state index contributed by atoms with van der Waals surface area (Å²) < 4.78 is 3.74. The van der Waals surface area contributed by atoms with E-state index in [0.29, 0.717) is 12.2 Å². The van der Waals surface area contributed by atoms with E-state index in [1.807, 2.05) is 0 Å². The van der Waals surface area contributed by atoms with Crippen molar-refractivity contribution in [3.8, 4) is 0 Å². The fourth-order valence-corrected chi connectivity index (χ4v) is 1.89. The van der Waals surface area contributed by atoms with Crippen LogP contribution in [-0.2, 0) is 13.1 Å². The van der Waals surface area contributed by atoms with E-state index in [-0.39, 0.29) is 5.56 Å². The molecule has 0 radical (unpaired) electrons. The summed E-state index contributed by atoms with van der Waals surface area (Å²) in [5, 5.41) is 13.1. The van der Waals surface area contributed by atoms with Gasteiger partial charge in [-0.05, 0) is 13.3 Å². The van der Waals surface area contributed by atoms with E-state index < -0.39 is 5.97 Å². The molecule has 6 nitrogen and oxygen atoms in total. The molecular weight excluding hydrogens is 232 g/mol. The topological polar surface area (TPSA) is 72.9 Å². The van der Waals surface area contributed by atoms with Crippen molar-refractivity contribution in [2.45, 2.75) is 33.4 Å². The molecule has 0 bridgehead atoms. The van der Waals surface area contributed by atoms with Gasteiger partial charge in [-0.2, -0.15) is 5.10 Å². The fraction of sp³-hybridized carbons (Fsp3) is 0.417. The monoisotopic (exact) mass is 248 g/mol. The second-order valence-electron chi connectivity index (χ2n) is 4.18. The second kappa shape index (κ2) is 5.03. The lowest BCUT2D eigenvalue weighted by atomic mass is 10.2. The average Bonchev–Trinajstić information content (AvgIpc) is 2.89. The summed E-state index contributed by atoms with van der Waals surface area (Å²) >= 11 is 0. The Morgan fingerprint density at radius 3 is 2.83 bits per heavy atom. The predicted octanol–water partition coefficient (Wildman–Crippen LogP) is 1.54. The standard InChI is InChI=1S/C12H16N4O2/c1-3-4-15-8-13-5-10(15)7-16-9(2)11(6-14-16)12(17)18/h5-6,8H,3-4,7H2,1-2H3,(H,17,18). The highest BCUT2D eigenvalue weighted by Crippen LogP contribution is 2.10. The third-order valence-corrected chi connectivity index (χ3v) is 2.91. The number of aryl methyl sites for hydroxylation is 1. The van der Waals surface area contributed by atoms with Crippen LogP contribution in [0.15, 0.2) is 18.7 Å². The van der Waals surface area contributed by atoms with Gasteiger partial charge in [-0.1, -0.05) is 6.92 Å². The molecule has 0 aliphatic carbocycles. The molecule has 96 valence electrons. The second-order valence-corrected chi connectivity index (χ2v) is 4.18. The highest BCUT2D eigenvalue weighted by Gasteiger charge is 2.13. The van der Waals surface area contributed by atoms with Gasteiger partial charge in [0.05, 0.1) is 36.7 Å². The average molecular weight is 248 g/mol. The van der Waals surface area contributed by atoms with E-state index in [0.717, 1.165) is 18.7 Å². The van der Waals surface area contributed by atoms with Gasteiger partial charge in [-0.15, -0.1) is 0 Å². The van der Waals surface area contributed by atoms with Gasteiger partial charge >= 0.3 is 5.97 Å². The molecule has 2 aromatic rings. The molecule has 2 heterocycles. The first-order valence-electron chi connectivity index (χ1n) is 5.88. The number of imidazole rings is 1. The van der Waals surface area contributed by atoms with Gasteiger partial charge in [0.25, 0.3) is 0 Å². The van der Waals surface area contributed by atoms with E-state index in [1.54, 1.807) is 24.1 Å². The van der Waals surface area contributed by atoms with Crippen LogP contribution in [-0.4, -0.2) is 30.4 Å². The van der Waals surface area contributed by atoms with E-state index in [2.05, 4.69) is 21.6 Å². The lowest BCUT2D eigenvalue weighted by Gasteiger charge is -2.08. The van der Waals surface area contributed by atoms with Crippen molar-refractivity contribution in [1.82, 2.24) is 19.3 Å². The maximum absolute atomic E-state index is 10.9. The van der Waals surface area contributed by atoms with Crippen molar-refractivity contribution >= 4 is 5.97 Å². The SMILES string of the molecule is CCCn1cncc1Cn1ncc(C(=O)O)c1C. The summed E-state index contributed by atoms with van der Waals surface area (Å²) in [5.41, 5.74) is 1.93. The normalized spacial score (nSPS) is 10.8. The van der Waals surface area contributed by atoms with Crippen LogP contribution in [0.25, 0.3) is 0 Å².